The molecule has 0 unspecified atom stereocenters. The van der Waals surface area contributed by atoms with Crippen molar-refractivity contribution in [2.75, 3.05) is 13.1 Å². The fourth-order valence-corrected chi connectivity index (χ4v) is 3.09. The Labute approximate surface area is 158 Å². The van der Waals surface area contributed by atoms with Crippen molar-refractivity contribution in [2.45, 2.75) is 19.4 Å². The number of nitrogens with one attached hydrogen (secondary N) is 4. The highest BCUT2D eigenvalue weighted by Gasteiger charge is 2.21. The van der Waals surface area contributed by atoms with Gasteiger partial charge in [-0.25, -0.2) is 4.79 Å². The Morgan fingerprint density at radius 1 is 1.04 bits per heavy atom. The number of carbonyl (C=O) groups is 2. The number of fused-ring (bicyclic) bond motifs is 1. The van der Waals surface area contributed by atoms with E-state index in [0.717, 1.165) is 17.5 Å². The number of H-pyrrole nitrogens is 1. The fourth-order valence-electron chi connectivity index (χ4n) is 3.09. The third-order valence-electron chi connectivity index (χ3n) is 4.39. The molecule has 1 aromatic heterocycles. The quantitative estimate of drug-likeness (QED) is 0.520. The molecule has 0 saturated heterocycles. The number of hydrogen-bond acceptors (Lipinski definition) is 3. The highest BCUT2D eigenvalue weighted by Crippen LogP contribution is 2.18. The molecule has 0 aliphatic rings. The van der Waals surface area contributed by atoms with Crippen molar-refractivity contribution in [3.63, 3.8) is 0 Å². The molecule has 0 spiro atoms. The number of urea groups is 1. The van der Waals surface area contributed by atoms with Crippen LogP contribution in [0.1, 0.15) is 24.1 Å². The topological polar surface area (TPSA) is 86.0 Å². The standard InChI is InChI=1S/C21H24N4O2/c1-2-22-21(27)25-20(26)19(15-8-4-3-5-9-15)23-13-12-16-14-24-18-11-7-6-10-17(16)18/h3-11,14,19,23-24H,2,12-13H2,1H3,(H2,22,25,26,27)/t19-/m1/s1. The summed E-state index contributed by atoms with van der Waals surface area (Å²) in [6, 6.07) is 16.5. The molecule has 27 heavy (non-hydrogen) atoms. The van der Waals surface area contributed by atoms with Gasteiger partial charge >= 0.3 is 6.03 Å². The van der Waals surface area contributed by atoms with E-state index in [-0.39, 0.29) is 5.91 Å². The van der Waals surface area contributed by atoms with Crippen LogP contribution in [-0.2, 0) is 11.2 Å². The zero-order valence-corrected chi connectivity index (χ0v) is 15.3. The largest absolute Gasteiger partial charge is 0.361 e. The molecule has 0 bridgehead atoms. The molecule has 140 valence electrons. The van der Waals surface area contributed by atoms with Gasteiger partial charge in [0.25, 0.3) is 0 Å². The number of carbonyl (C=O) groups excluding carboxylic acids is 2. The lowest BCUT2D eigenvalue weighted by atomic mass is 10.1. The molecule has 3 amide bonds. The maximum absolute atomic E-state index is 12.6. The summed E-state index contributed by atoms with van der Waals surface area (Å²) in [4.78, 5) is 27.6. The summed E-state index contributed by atoms with van der Waals surface area (Å²) in [6.07, 6.45) is 2.76. The second kappa shape index (κ2) is 9.00. The van der Waals surface area contributed by atoms with Crippen LogP contribution in [-0.4, -0.2) is 30.0 Å². The van der Waals surface area contributed by atoms with Gasteiger partial charge in [-0.1, -0.05) is 48.5 Å². The zero-order valence-electron chi connectivity index (χ0n) is 15.3. The SMILES string of the molecule is CCNC(=O)NC(=O)[C@H](NCCc1c[nH]c2ccccc12)c1ccccc1. The molecule has 1 atom stereocenters. The molecular formula is C21H24N4O2. The average molecular weight is 364 g/mol. The van der Waals surface area contributed by atoms with Crippen molar-refractivity contribution in [2.24, 2.45) is 0 Å². The molecule has 6 nitrogen and oxygen atoms in total. The van der Waals surface area contributed by atoms with Gasteiger partial charge in [-0.2, -0.15) is 0 Å². The van der Waals surface area contributed by atoms with Gasteiger partial charge in [0, 0.05) is 30.2 Å². The number of hydrogen-bond donors (Lipinski definition) is 4. The van der Waals surface area contributed by atoms with Gasteiger partial charge in [0.05, 0.1) is 0 Å². The smallest absolute Gasteiger partial charge is 0.321 e. The number of aromatic amines is 1. The Morgan fingerprint density at radius 2 is 1.78 bits per heavy atom. The maximum atomic E-state index is 12.6. The Morgan fingerprint density at radius 3 is 2.56 bits per heavy atom. The van der Waals surface area contributed by atoms with Gasteiger partial charge in [0.15, 0.2) is 0 Å². The van der Waals surface area contributed by atoms with Gasteiger partial charge < -0.3 is 15.6 Å². The Kier molecular flexibility index (Phi) is 6.22. The van der Waals surface area contributed by atoms with Crippen LogP contribution in [0.15, 0.2) is 60.8 Å². The number of para-hydroxylation sites is 1. The molecular weight excluding hydrogens is 340 g/mol. The average Bonchev–Trinajstić information content (AvgIpc) is 3.09. The molecule has 1 heterocycles. The van der Waals surface area contributed by atoms with Crippen LogP contribution >= 0.6 is 0 Å². The van der Waals surface area contributed by atoms with E-state index in [2.05, 4.69) is 27.0 Å². The van der Waals surface area contributed by atoms with Crippen molar-refractivity contribution >= 4 is 22.8 Å². The molecule has 3 aromatic rings. The molecule has 0 aliphatic heterocycles. The summed E-state index contributed by atoms with van der Waals surface area (Å²) >= 11 is 0. The summed E-state index contributed by atoms with van der Waals surface area (Å²) in [5.41, 5.74) is 3.10. The Balaban J connectivity index is 1.68. The van der Waals surface area contributed by atoms with Gasteiger partial charge in [-0.15, -0.1) is 0 Å². The lowest BCUT2D eigenvalue weighted by Crippen LogP contribution is -2.45. The van der Waals surface area contributed by atoms with Crippen LogP contribution in [0.4, 0.5) is 4.79 Å². The summed E-state index contributed by atoms with van der Waals surface area (Å²) in [5.74, 6) is -0.369. The number of rotatable bonds is 7. The molecule has 0 aliphatic carbocycles. The maximum Gasteiger partial charge on any atom is 0.321 e. The van der Waals surface area contributed by atoms with Gasteiger partial charge in [-0.3, -0.25) is 10.1 Å². The first-order chi connectivity index (χ1) is 13.2. The van der Waals surface area contributed by atoms with Crippen LogP contribution in [0.25, 0.3) is 10.9 Å². The van der Waals surface area contributed by atoms with Crippen molar-refractivity contribution < 1.29 is 9.59 Å². The van der Waals surface area contributed by atoms with E-state index in [0.29, 0.717) is 13.1 Å². The van der Waals surface area contributed by atoms with E-state index in [1.54, 1.807) is 6.92 Å². The number of amides is 3. The van der Waals surface area contributed by atoms with Crippen molar-refractivity contribution in [1.29, 1.82) is 0 Å². The third-order valence-corrected chi connectivity index (χ3v) is 4.39. The molecule has 0 radical (unpaired) electrons. The first-order valence-electron chi connectivity index (χ1n) is 9.11. The molecule has 3 rings (SSSR count). The number of benzene rings is 2. The fraction of sp³-hybridized carbons (Fsp3) is 0.238. The molecule has 6 heteroatoms. The van der Waals surface area contributed by atoms with Gasteiger partial charge in [0.2, 0.25) is 5.91 Å². The molecule has 0 fully saturated rings. The first kappa shape index (κ1) is 18.7. The van der Waals surface area contributed by atoms with Gasteiger partial charge in [-0.05, 0) is 30.5 Å². The molecule has 0 saturated carbocycles. The van der Waals surface area contributed by atoms with E-state index in [1.807, 2.05) is 54.7 Å². The van der Waals surface area contributed by atoms with Crippen LogP contribution in [0.3, 0.4) is 0 Å². The van der Waals surface area contributed by atoms with Crippen LogP contribution < -0.4 is 16.0 Å². The van der Waals surface area contributed by atoms with E-state index >= 15 is 0 Å². The summed E-state index contributed by atoms with van der Waals surface area (Å²) in [7, 11) is 0. The predicted octanol–water partition coefficient (Wildman–Crippen LogP) is 2.89. The minimum atomic E-state index is -0.598. The highest BCUT2D eigenvalue weighted by molar-refractivity contribution is 5.97. The first-order valence-corrected chi connectivity index (χ1v) is 9.11. The van der Waals surface area contributed by atoms with Crippen molar-refractivity contribution in [3.8, 4) is 0 Å². The zero-order chi connectivity index (χ0) is 19.1. The van der Waals surface area contributed by atoms with Crippen LogP contribution in [0.2, 0.25) is 0 Å². The molecule has 2 aromatic carbocycles. The second-order valence-electron chi connectivity index (χ2n) is 6.26. The highest BCUT2D eigenvalue weighted by atomic mass is 16.2. The van der Waals surface area contributed by atoms with E-state index in [9.17, 15) is 9.59 Å². The van der Waals surface area contributed by atoms with E-state index < -0.39 is 12.1 Å². The lowest BCUT2D eigenvalue weighted by molar-refractivity contribution is -0.122. The number of aromatic nitrogens is 1. The lowest BCUT2D eigenvalue weighted by Gasteiger charge is -2.18. The third kappa shape index (κ3) is 4.74. The Bertz CT molecular complexity index is 905. The number of imide groups is 1. The minimum absolute atomic E-state index is 0.369. The van der Waals surface area contributed by atoms with Crippen molar-refractivity contribution in [1.82, 2.24) is 20.9 Å². The minimum Gasteiger partial charge on any atom is -0.361 e. The van der Waals surface area contributed by atoms with Crippen molar-refractivity contribution in [3.05, 3.63) is 71.9 Å². The van der Waals surface area contributed by atoms with E-state index in [1.165, 1.54) is 10.9 Å². The predicted molar refractivity (Wildman–Crippen MR) is 106 cm³/mol. The molecule has 4 N–H and O–H groups in total. The monoisotopic (exact) mass is 364 g/mol. The Hall–Kier alpha value is -3.12. The summed E-state index contributed by atoms with van der Waals surface area (Å²) < 4.78 is 0. The van der Waals surface area contributed by atoms with E-state index in [4.69, 9.17) is 0 Å². The van der Waals surface area contributed by atoms with Crippen LogP contribution in [0.5, 0.6) is 0 Å². The normalized spacial score (nSPS) is 11.9. The second-order valence-corrected chi connectivity index (χ2v) is 6.26. The van der Waals surface area contributed by atoms with Gasteiger partial charge in [0.1, 0.15) is 6.04 Å². The van der Waals surface area contributed by atoms with Crippen LogP contribution in [0, 0.1) is 0 Å². The summed E-state index contributed by atoms with van der Waals surface area (Å²) in [6.45, 7) is 2.87. The summed E-state index contributed by atoms with van der Waals surface area (Å²) in [5, 5.41) is 9.44.